The topological polar surface area (TPSA) is 49.4 Å². The van der Waals surface area contributed by atoms with Gasteiger partial charge in [-0.15, -0.1) is 0 Å². The van der Waals surface area contributed by atoms with E-state index in [-0.39, 0.29) is 24.8 Å². The number of amides is 2. The fourth-order valence-electron chi connectivity index (χ4n) is 3.28. The Morgan fingerprint density at radius 2 is 1.85 bits per heavy atom. The molecule has 0 unspecified atom stereocenters. The first kappa shape index (κ1) is 18.1. The first-order valence-electron chi connectivity index (χ1n) is 8.91. The van der Waals surface area contributed by atoms with Gasteiger partial charge in [0, 0.05) is 12.7 Å². The number of likely N-dealkylation sites (N-methyl/N-ethyl adjacent to an activating group) is 1. The molecule has 0 saturated heterocycles. The van der Waals surface area contributed by atoms with Gasteiger partial charge in [0.15, 0.2) is 0 Å². The third kappa shape index (κ3) is 4.69. The molecule has 0 radical (unpaired) electrons. The van der Waals surface area contributed by atoms with Gasteiger partial charge in [-0.05, 0) is 60.6 Å². The van der Waals surface area contributed by atoms with Crippen molar-refractivity contribution in [2.24, 2.45) is 0 Å². The Hall–Kier alpha value is -2.69. The molecule has 136 valence electrons. The van der Waals surface area contributed by atoms with Gasteiger partial charge < -0.3 is 10.2 Å². The molecule has 26 heavy (non-hydrogen) atoms. The van der Waals surface area contributed by atoms with Crippen molar-refractivity contribution in [3.05, 3.63) is 65.0 Å². The zero-order valence-electron chi connectivity index (χ0n) is 14.9. The summed E-state index contributed by atoms with van der Waals surface area (Å²) in [4.78, 5) is 25.9. The van der Waals surface area contributed by atoms with Crippen LogP contribution in [0.15, 0.2) is 42.5 Å². The minimum atomic E-state index is -0.417. The van der Waals surface area contributed by atoms with E-state index in [4.69, 9.17) is 0 Å². The van der Waals surface area contributed by atoms with Gasteiger partial charge in [0.1, 0.15) is 5.82 Å². The molecule has 0 atom stereocenters. The molecule has 2 aromatic rings. The SMILES string of the molecule is CN(CC(=O)Nc1cccc(F)c1)C(=O)Cc1ccc2c(c1)CCCC2. The van der Waals surface area contributed by atoms with Gasteiger partial charge in [-0.1, -0.05) is 24.3 Å². The van der Waals surface area contributed by atoms with Gasteiger partial charge >= 0.3 is 0 Å². The van der Waals surface area contributed by atoms with Crippen molar-refractivity contribution in [1.82, 2.24) is 4.90 Å². The van der Waals surface area contributed by atoms with Crippen LogP contribution in [0.5, 0.6) is 0 Å². The van der Waals surface area contributed by atoms with Gasteiger partial charge in [-0.25, -0.2) is 4.39 Å². The number of aryl methyl sites for hydroxylation is 2. The molecule has 2 amide bonds. The Bertz CT molecular complexity index is 819. The van der Waals surface area contributed by atoms with Gasteiger partial charge in [0.25, 0.3) is 0 Å². The van der Waals surface area contributed by atoms with Crippen LogP contribution in [0.3, 0.4) is 0 Å². The van der Waals surface area contributed by atoms with E-state index in [9.17, 15) is 14.0 Å². The lowest BCUT2D eigenvalue weighted by atomic mass is 9.90. The van der Waals surface area contributed by atoms with Crippen molar-refractivity contribution >= 4 is 17.5 Å². The number of halogens is 1. The van der Waals surface area contributed by atoms with Crippen molar-refractivity contribution in [2.45, 2.75) is 32.1 Å². The van der Waals surface area contributed by atoms with Crippen LogP contribution in [-0.2, 0) is 28.9 Å². The second-order valence-corrected chi connectivity index (χ2v) is 6.80. The molecule has 3 rings (SSSR count). The normalized spacial score (nSPS) is 13.0. The number of hydrogen-bond acceptors (Lipinski definition) is 2. The van der Waals surface area contributed by atoms with E-state index in [2.05, 4.69) is 17.4 Å². The smallest absolute Gasteiger partial charge is 0.243 e. The van der Waals surface area contributed by atoms with Crippen LogP contribution >= 0.6 is 0 Å². The first-order chi connectivity index (χ1) is 12.5. The number of carbonyl (C=O) groups excluding carboxylic acids is 2. The molecule has 0 heterocycles. The van der Waals surface area contributed by atoms with E-state index in [1.54, 1.807) is 13.1 Å². The Morgan fingerprint density at radius 1 is 1.08 bits per heavy atom. The van der Waals surface area contributed by atoms with Crippen LogP contribution in [0.1, 0.15) is 29.5 Å². The minimum Gasteiger partial charge on any atom is -0.336 e. The number of nitrogens with one attached hydrogen (secondary N) is 1. The molecule has 0 aliphatic heterocycles. The maximum absolute atomic E-state index is 13.2. The van der Waals surface area contributed by atoms with Gasteiger partial charge in [0.05, 0.1) is 13.0 Å². The van der Waals surface area contributed by atoms with Crippen molar-refractivity contribution in [2.75, 3.05) is 18.9 Å². The molecule has 2 aromatic carbocycles. The van der Waals surface area contributed by atoms with Crippen LogP contribution < -0.4 is 5.32 Å². The predicted octanol–water partition coefficient (Wildman–Crippen LogP) is 3.34. The summed E-state index contributed by atoms with van der Waals surface area (Å²) in [7, 11) is 1.60. The molecule has 5 heteroatoms. The molecule has 0 bridgehead atoms. The molecule has 0 saturated carbocycles. The number of anilines is 1. The van der Waals surface area contributed by atoms with E-state index in [0.717, 1.165) is 18.4 Å². The largest absolute Gasteiger partial charge is 0.336 e. The number of benzene rings is 2. The lowest BCUT2D eigenvalue weighted by Crippen LogP contribution is -2.35. The molecule has 0 aromatic heterocycles. The van der Waals surface area contributed by atoms with Crippen LogP contribution in [0.25, 0.3) is 0 Å². The van der Waals surface area contributed by atoms with Gasteiger partial charge in [-0.2, -0.15) is 0 Å². The Kier molecular flexibility index (Phi) is 5.66. The summed E-state index contributed by atoms with van der Waals surface area (Å²) in [5, 5.41) is 2.60. The molecule has 1 N–H and O–H groups in total. The monoisotopic (exact) mass is 354 g/mol. The summed E-state index contributed by atoms with van der Waals surface area (Å²) in [5.41, 5.74) is 4.09. The zero-order valence-corrected chi connectivity index (χ0v) is 14.9. The zero-order chi connectivity index (χ0) is 18.5. The predicted molar refractivity (Wildman–Crippen MR) is 99.5 cm³/mol. The van der Waals surface area contributed by atoms with E-state index in [0.29, 0.717) is 5.69 Å². The highest BCUT2D eigenvalue weighted by molar-refractivity contribution is 5.94. The highest BCUT2D eigenvalue weighted by Gasteiger charge is 2.15. The van der Waals surface area contributed by atoms with Crippen molar-refractivity contribution in [3.63, 3.8) is 0 Å². The van der Waals surface area contributed by atoms with Gasteiger partial charge in [-0.3, -0.25) is 9.59 Å². The van der Waals surface area contributed by atoms with Gasteiger partial charge in [0.2, 0.25) is 11.8 Å². The number of nitrogens with zero attached hydrogens (tertiary/aromatic N) is 1. The van der Waals surface area contributed by atoms with Crippen molar-refractivity contribution < 1.29 is 14.0 Å². The fraction of sp³-hybridized carbons (Fsp3) is 0.333. The summed E-state index contributed by atoms with van der Waals surface area (Å²) in [5.74, 6) is -0.883. The summed E-state index contributed by atoms with van der Waals surface area (Å²) in [6, 6.07) is 11.9. The molecule has 0 spiro atoms. The third-order valence-electron chi connectivity index (χ3n) is 4.68. The molecular formula is C21H23FN2O2. The van der Waals surface area contributed by atoms with Crippen LogP contribution in [-0.4, -0.2) is 30.3 Å². The van der Waals surface area contributed by atoms with Crippen LogP contribution in [0, 0.1) is 5.82 Å². The number of hydrogen-bond donors (Lipinski definition) is 1. The van der Waals surface area contributed by atoms with Crippen molar-refractivity contribution in [1.29, 1.82) is 0 Å². The van der Waals surface area contributed by atoms with E-state index < -0.39 is 5.82 Å². The number of carbonyl (C=O) groups is 2. The highest BCUT2D eigenvalue weighted by atomic mass is 19.1. The fourth-order valence-corrected chi connectivity index (χ4v) is 3.28. The van der Waals surface area contributed by atoms with Crippen LogP contribution in [0.4, 0.5) is 10.1 Å². The molecule has 0 fully saturated rings. The second-order valence-electron chi connectivity index (χ2n) is 6.80. The second kappa shape index (κ2) is 8.13. The molecular weight excluding hydrogens is 331 g/mol. The first-order valence-corrected chi connectivity index (χ1v) is 8.91. The summed E-state index contributed by atoms with van der Waals surface area (Å²) < 4.78 is 13.2. The average molecular weight is 354 g/mol. The third-order valence-corrected chi connectivity index (χ3v) is 4.68. The van der Waals surface area contributed by atoms with E-state index >= 15 is 0 Å². The molecule has 1 aliphatic carbocycles. The van der Waals surface area contributed by atoms with E-state index in [1.807, 2.05) is 6.07 Å². The lowest BCUT2D eigenvalue weighted by molar-refractivity contribution is -0.132. The number of fused-ring (bicyclic) bond motifs is 1. The van der Waals surface area contributed by atoms with Crippen molar-refractivity contribution in [3.8, 4) is 0 Å². The Balaban J connectivity index is 1.55. The Labute approximate surface area is 153 Å². The highest BCUT2D eigenvalue weighted by Crippen LogP contribution is 2.22. The minimum absolute atomic E-state index is 0.0692. The summed E-state index contributed by atoms with van der Waals surface area (Å²) in [6.07, 6.45) is 4.89. The quantitative estimate of drug-likeness (QED) is 0.895. The summed E-state index contributed by atoms with van der Waals surface area (Å²) >= 11 is 0. The maximum Gasteiger partial charge on any atom is 0.243 e. The Morgan fingerprint density at radius 3 is 2.62 bits per heavy atom. The maximum atomic E-state index is 13.2. The average Bonchev–Trinajstić information content (AvgIpc) is 2.61. The molecule has 4 nitrogen and oxygen atoms in total. The van der Waals surface area contributed by atoms with E-state index in [1.165, 1.54) is 47.1 Å². The van der Waals surface area contributed by atoms with Crippen LogP contribution in [0.2, 0.25) is 0 Å². The summed E-state index contributed by atoms with van der Waals surface area (Å²) in [6.45, 7) is -0.0692. The lowest BCUT2D eigenvalue weighted by Gasteiger charge is -2.19. The molecule has 1 aliphatic rings. The standard InChI is InChI=1S/C21H23FN2O2/c1-24(14-20(25)23-19-8-4-7-18(22)13-19)21(26)12-15-9-10-16-5-2-3-6-17(16)11-15/h4,7-11,13H,2-3,5-6,12,14H2,1H3,(H,23,25). The number of rotatable bonds is 5.